The van der Waals surface area contributed by atoms with E-state index in [0.717, 1.165) is 36.8 Å². The number of carbonyl (C=O) groups excluding carboxylic acids is 1. The molecule has 2 aromatic carbocycles. The second kappa shape index (κ2) is 8.45. The molecule has 1 saturated heterocycles. The number of benzene rings is 2. The summed E-state index contributed by atoms with van der Waals surface area (Å²) in [5, 5.41) is 23.7. The molecule has 8 nitrogen and oxygen atoms in total. The maximum atomic E-state index is 12.6. The molecule has 9 heteroatoms. The number of nitrogens with one attached hydrogen (secondary N) is 2. The van der Waals surface area contributed by atoms with Gasteiger partial charge in [-0.05, 0) is 25.1 Å². The van der Waals surface area contributed by atoms with E-state index < -0.39 is 4.92 Å². The summed E-state index contributed by atoms with van der Waals surface area (Å²) >= 11 is 6.05. The minimum atomic E-state index is -0.533. The Morgan fingerprint density at radius 2 is 1.96 bits per heavy atom. The highest BCUT2D eigenvalue weighted by Gasteiger charge is 2.30. The SMILES string of the molecule is C[C@H](C(=O)Nc1ccc([N+](=O)[O-])cc1Cl)[NH+]1CCN(c2ccccc2O)CC1. The predicted molar refractivity (Wildman–Crippen MR) is 107 cm³/mol. The van der Waals surface area contributed by atoms with Gasteiger partial charge in [0.25, 0.3) is 11.6 Å². The average molecular weight is 406 g/mol. The van der Waals surface area contributed by atoms with Gasteiger partial charge in [0, 0.05) is 12.1 Å². The van der Waals surface area contributed by atoms with Crippen LogP contribution in [0.25, 0.3) is 0 Å². The van der Waals surface area contributed by atoms with Crippen LogP contribution in [0.2, 0.25) is 5.02 Å². The lowest BCUT2D eigenvalue weighted by atomic mass is 10.2. The molecule has 28 heavy (non-hydrogen) atoms. The zero-order chi connectivity index (χ0) is 20.3. The molecule has 1 fully saturated rings. The van der Waals surface area contributed by atoms with Crippen molar-refractivity contribution in [3.63, 3.8) is 0 Å². The third kappa shape index (κ3) is 4.35. The fourth-order valence-electron chi connectivity index (χ4n) is 3.34. The molecule has 0 spiro atoms. The van der Waals surface area contributed by atoms with Crippen LogP contribution in [-0.4, -0.2) is 48.2 Å². The Hall–Kier alpha value is -2.84. The van der Waals surface area contributed by atoms with Crippen LogP contribution in [0.3, 0.4) is 0 Å². The first kappa shape index (κ1) is 19.9. The average Bonchev–Trinajstić information content (AvgIpc) is 2.69. The second-order valence-electron chi connectivity index (χ2n) is 6.77. The molecule has 0 radical (unpaired) electrons. The Bertz CT molecular complexity index is 884. The number of non-ortho nitro benzene ring substituents is 1. The zero-order valence-corrected chi connectivity index (χ0v) is 16.1. The molecule has 0 aromatic heterocycles. The monoisotopic (exact) mass is 405 g/mol. The summed E-state index contributed by atoms with van der Waals surface area (Å²) in [6.45, 7) is 4.79. The van der Waals surface area contributed by atoms with Crippen LogP contribution in [0.4, 0.5) is 17.1 Å². The van der Waals surface area contributed by atoms with E-state index in [1.165, 1.54) is 18.2 Å². The number of phenols is 1. The fourth-order valence-corrected chi connectivity index (χ4v) is 3.57. The van der Waals surface area contributed by atoms with E-state index in [2.05, 4.69) is 10.2 Å². The number of phenolic OH excluding ortho intramolecular Hbond substituents is 1. The molecule has 0 unspecified atom stereocenters. The van der Waals surface area contributed by atoms with Crippen molar-refractivity contribution in [2.45, 2.75) is 13.0 Å². The molecule has 1 heterocycles. The van der Waals surface area contributed by atoms with E-state index in [0.29, 0.717) is 5.69 Å². The van der Waals surface area contributed by atoms with Gasteiger partial charge in [0.2, 0.25) is 0 Å². The minimum absolute atomic E-state index is 0.123. The van der Waals surface area contributed by atoms with Gasteiger partial charge >= 0.3 is 0 Å². The Morgan fingerprint density at radius 3 is 2.57 bits per heavy atom. The van der Waals surface area contributed by atoms with Gasteiger partial charge in [-0.15, -0.1) is 0 Å². The van der Waals surface area contributed by atoms with Crippen molar-refractivity contribution in [3.05, 3.63) is 57.6 Å². The Balaban J connectivity index is 1.59. The number of nitro groups is 1. The lowest BCUT2D eigenvalue weighted by molar-refractivity contribution is -0.914. The van der Waals surface area contributed by atoms with Crippen molar-refractivity contribution in [2.75, 3.05) is 36.4 Å². The third-order valence-corrected chi connectivity index (χ3v) is 5.37. The summed E-state index contributed by atoms with van der Waals surface area (Å²) in [4.78, 5) is 26.1. The van der Waals surface area contributed by atoms with E-state index >= 15 is 0 Å². The molecule has 1 aliphatic rings. The van der Waals surface area contributed by atoms with Gasteiger partial charge in [0.15, 0.2) is 6.04 Å². The maximum absolute atomic E-state index is 12.6. The van der Waals surface area contributed by atoms with Crippen molar-refractivity contribution in [3.8, 4) is 5.75 Å². The molecule has 0 saturated carbocycles. The largest absolute Gasteiger partial charge is 0.506 e. The van der Waals surface area contributed by atoms with Crippen LogP contribution >= 0.6 is 11.6 Å². The number of nitrogens with zero attached hydrogens (tertiary/aromatic N) is 2. The van der Waals surface area contributed by atoms with Crippen LogP contribution in [-0.2, 0) is 4.79 Å². The number of hydrogen-bond donors (Lipinski definition) is 3. The van der Waals surface area contributed by atoms with Crippen LogP contribution < -0.4 is 15.1 Å². The van der Waals surface area contributed by atoms with Crippen LogP contribution in [0.15, 0.2) is 42.5 Å². The summed E-state index contributed by atoms with van der Waals surface area (Å²) < 4.78 is 0. The smallest absolute Gasteiger partial charge is 0.282 e. The van der Waals surface area contributed by atoms with Gasteiger partial charge in [-0.25, -0.2) is 0 Å². The predicted octanol–water partition coefficient (Wildman–Crippen LogP) is 1.69. The Morgan fingerprint density at radius 1 is 1.29 bits per heavy atom. The fraction of sp³-hybridized carbons (Fsp3) is 0.316. The molecule has 1 aliphatic heterocycles. The lowest BCUT2D eigenvalue weighted by Gasteiger charge is -2.36. The van der Waals surface area contributed by atoms with Gasteiger partial charge in [0.1, 0.15) is 5.75 Å². The number of hydrogen-bond acceptors (Lipinski definition) is 5. The first-order chi connectivity index (χ1) is 13.4. The number of aromatic hydroxyl groups is 1. The number of carbonyl (C=O) groups is 1. The maximum Gasteiger partial charge on any atom is 0.282 e. The number of rotatable bonds is 5. The number of anilines is 2. The van der Waals surface area contributed by atoms with E-state index in [4.69, 9.17) is 11.6 Å². The Kier molecular flexibility index (Phi) is 6.01. The lowest BCUT2D eigenvalue weighted by Crippen LogP contribution is -3.19. The van der Waals surface area contributed by atoms with Crippen molar-refractivity contribution in [2.24, 2.45) is 0 Å². The number of nitro benzene ring substituents is 1. The van der Waals surface area contributed by atoms with Gasteiger partial charge in [-0.2, -0.15) is 0 Å². The van der Waals surface area contributed by atoms with Crippen LogP contribution in [0.5, 0.6) is 5.75 Å². The first-order valence-electron chi connectivity index (χ1n) is 8.99. The van der Waals surface area contributed by atoms with E-state index in [1.54, 1.807) is 12.1 Å². The topological polar surface area (TPSA) is 100 Å². The number of quaternary nitrogens is 1. The van der Waals surface area contributed by atoms with E-state index in [1.807, 2.05) is 19.1 Å². The second-order valence-corrected chi connectivity index (χ2v) is 7.17. The molecule has 0 bridgehead atoms. The van der Waals surface area contributed by atoms with Gasteiger partial charge in [0.05, 0.1) is 47.5 Å². The minimum Gasteiger partial charge on any atom is -0.506 e. The number of halogens is 1. The highest BCUT2D eigenvalue weighted by Crippen LogP contribution is 2.27. The zero-order valence-electron chi connectivity index (χ0n) is 15.4. The molecule has 1 amide bonds. The summed E-state index contributed by atoms with van der Waals surface area (Å²) in [6, 6.07) is 10.9. The Labute approximate surface area is 167 Å². The number of piperazine rings is 1. The van der Waals surface area contributed by atoms with Crippen LogP contribution in [0.1, 0.15) is 6.92 Å². The summed E-state index contributed by atoms with van der Waals surface area (Å²) in [7, 11) is 0. The van der Waals surface area contributed by atoms with E-state index in [9.17, 15) is 20.0 Å². The highest BCUT2D eigenvalue weighted by molar-refractivity contribution is 6.34. The standard InChI is InChI=1S/C19H21ClN4O4/c1-13(19(26)21-16-7-6-14(24(27)28)12-15(16)20)22-8-10-23(11-9-22)17-4-2-3-5-18(17)25/h2-7,12-13,25H,8-11H2,1H3,(H,21,26)/p+1/t13-/m1/s1. The first-order valence-corrected chi connectivity index (χ1v) is 9.37. The van der Waals surface area contributed by atoms with Crippen molar-refractivity contribution < 1.29 is 19.7 Å². The molecular formula is C19H22ClN4O4+. The molecule has 1 atom stereocenters. The molecule has 3 rings (SSSR count). The number of para-hydroxylation sites is 2. The summed E-state index contributed by atoms with van der Waals surface area (Å²) in [6.07, 6.45) is 0. The van der Waals surface area contributed by atoms with Gasteiger partial charge < -0.3 is 20.2 Å². The van der Waals surface area contributed by atoms with Crippen molar-refractivity contribution in [1.82, 2.24) is 0 Å². The van der Waals surface area contributed by atoms with Gasteiger partial charge in [-0.1, -0.05) is 23.7 Å². The summed E-state index contributed by atoms with van der Waals surface area (Å²) in [5.74, 6) is 0.0614. The van der Waals surface area contributed by atoms with Crippen molar-refractivity contribution in [1.29, 1.82) is 0 Å². The molecule has 2 aromatic rings. The quantitative estimate of drug-likeness (QED) is 0.519. The highest BCUT2D eigenvalue weighted by atomic mass is 35.5. The third-order valence-electron chi connectivity index (χ3n) is 5.06. The normalized spacial score (nSPS) is 15.9. The molecule has 0 aliphatic carbocycles. The molecule has 148 valence electrons. The van der Waals surface area contributed by atoms with E-state index in [-0.39, 0.29) is 28.4 Å². The summed E-state index contributed by atoms with van der Waals surface area (Å²) in [5.41, 5.74) is 1.04. The van der Waals surface area contributed by atoms with Gasteiger partial charge in [-0.3, -0.25) is 14.9 Å². The number of amides is 1. The molecular weight excluding hydrogens is 384 g/mol. The molecule has 3 N–H and O–H groups in total. The van der Waals surface area contributed by atoms with Crippen LogP contribution in [0, 0.1) is 10.1 Å². The van der Waals surface area contributed by atoms with Crippen molar-refractivity contribution >= 4 is 34.6 Å².